The maximum atomic E-state index is 13.1. The van der Waals surface area contributed by atoms with Crippen molar-refractivity contribution in [2.45, 2.75) is 26.7 Å². The molecule has 0 saturated heterocycles. The molecule has 0 saturated carbocycles. The normalized spacial score (nSPS) is 13.7. The Bertz CT molecular complexity index is 1040. The summed E-state index contributed by atoms with van der Waals surface area (Å²) in [6.07, 6.45) is 1.85. The van der Waals surface area contributed by atoms with Crippen LogP contribution in [0.4, 0.5) is 0 Å². The van der Waals surface area contributed by atoms with Gasteiger partial charge in [-0.1, -0.05) is 81.4 Å². The van der Waals surface area contributed by atoms with Crippen LogP contribution in [0.5, 0.6) is 5.75 Å². The smallest absolute Gasteiger partial charge is 0.161 e. The number of fused-ring (bicyclic) bond motifs is 3. The number of allylic oxidation sites excluding steroid dienone is 2. The van der Waals surface area contributed by atoms with Gasteiger partial charge in [0.15, 0.2) is 5.78 Å². The fraction of sp³-hybridized carbons (Fsp3) is 0.222. The molecule has 2 heteroatoms. The molecule has 1 aliphatic rings. The van der Waals surface area contributed by atoms with E-state index in [1.807, 2.05) is 51.1 Å². The molecule has 146 valence electrons. The predicted molar refractivity (Wildman–Crippen MR) is 119 cm³/mol. The molecule has 0 fully saturated rings. The van der Waals surface area contributed by atoms with E-state index in [1.165, 1.54) is 22.3 Å². The van der Waals surface area contributed by atoms with Crippen LogP contribution in [0.3, 0.4) is 0 Å². The lowest BCUT2D eigenvalue weighted by Gasteiger charge is -2.21. The van der Waals surface area contributed by atoms with Gasteiger partial charge in [0, 0.05) is 11.3 Å². The third kappa shape index (κ3) is 3.51. The number of hydrogen-bond donors (Lipinski definition) is 0. The number of ether oxygens (including phenoxy) is 1. The molecule has 0 aliphatic heterocycles. The van der Waals surface area contributed by atoms with Gasteiger partial charge in [-0.2, -0.15) is 0 Å². The Labute approximate surface area is 172 Å². The third-order valence-corrected chi connectivity index (χ3v) is 5.59. The Balaban J connectivity index is 1.94. The van der Waals surface area contributed by atoms with E-state index in [1.54, 1.807) is 7.11 Å². The van der Waals surface area contributed by atoms with Crippen LogP contribution in [-0.2, 0) is 4.79 Å². The minimum Gasteiger partial charge on any atom is -0.497 e. The first-order chi connectivity index (χ1) is 13.9. The lowest BCUT2D eigenvalue weighted by atomic mass is 9.81. The van der Waals surface area contributed by atoms with Crippen molar-refractivity contribution in [3.8, 4) is 16.9 Å². The first-order valence-corrected chi connectivity index (χ1v) is 9.99. The van der Waals surface area contributed by atoms with Crippen molar-refractivity contribution in [1.29, 1.82) is 0 Å². The van der Waals surface area contributed by atoms with Crippen LogP contribution >= 0.6 is 0 Å². The zero-order valence-electron chi connectivity index (χ0n) is 17.4. The van der Waals surface area contributed by atoms with E-state index >= 15 is 0 Å². The van der Waals surface area contributed by atoms with Crippen molar-refractivity contribution in [3.05, 3.63) is 95.6 Å². The Morgan fingerprint density at radius 3 is 1.83 bits per heavy atom. The molecule has 0 amide bonds. The monoisotopic (exact) mass is 382 g/mol. The minimum absolute atomic E-state index is 0.0297. The van der Waals surface area contributed by atoms with E-state index < -0.39 is 5.41 Å². The second-order valence-corrected chi connectivity index (χ2v) is 8.55. The lowest BCUT2D eigenvalue weighted by Crippen LogP contribution is -2.18. The molecule has 1 aliphatic carbocycles. The van der Waals surface area contributed by atoms with Gasteiger partial charge in [-0.25, -0.2) is 0 Å². The van der Waals surface area contributed by atoms with Crippen molar-refractivity contribution < 1.29 is 9.53 Å². The predicted octanol–water partition coefficient (Wildman–Crippen LogP) is 6.51. The number of rotatable bonds is 4. The summed E-state index contributed by atoms with van der Waals surface area (Å²) in [4.78, 5) is 13.1. The summed E-state index contributed by atoms with van der Waals surface area (Å²) in [6.45, 7) is 5.90. The van der Waals surface area contributed by atoms with Gasteiger partial charge < -0.3 is 4.74 Å². The lowest BCUT2D eigenvalue weighted by molar-refractivity contribution is -0.121. The van der Waals surface area contributed by atoms with Gasteiger partial charge in [-0.3, -0.25) is 4.79 Å². The standard InChI is InChI=1S/C27H26O2/c1-27(2,3)25(28)17-24(18-13-15-19(29-4)16-14-18)26-22-11-7-5-9-20(22)21-10-6-8-12-23(21)26/h5-17,26H,1-4H3/b24-17-. The summed E-state index contributed by atoms with van der Waals surface area (Å²) in [5, 5.41) is 0. The number of carbonyl (C=O) groups excluding carboxylic acids is 1. The van der Waals surface area contributed by atoms with Gasteiger partial charge in [-0.15, -0.1) is 0 Å². The van der Waals surface area contributed by atoms with Crippen LogP contribution < -0.4 is 4.74 Å². The highest BCUT2D eigenvalue weighted by atomic mass is 16.5. The molecule has 2 nitrogen and oxygen atoms in total. The molecule has 3 aromatic rings. The summed E-state index contributed by atoms with van der Waals surface area (Å²) in [5.74, 6) is 0.967. The van der Waals surface area contributed by atoms with Crippen LogP contribution in [0, 0.1) is 5.41 Å². The Kier molecular flexibility index (Phi) is 4.87. The Morgan fingerprint density at radius 1 is 0.828 bits per heavy atom. The highest BCUT2D eigenvalue weighted by molar-refractivity contribution is 6.03. The zero-order valence-corrected chi connectivity index (χ0v) is 17.4. The molecule has 0 heterocycles. The minimum atomic E-state index is -0.435. The van der Waals surface area contributed by atoms with Crippen molar-refractivity contribution in [3.63, 3.8) is 0 Å². The number of carbonyl (C=O) groups is 1. The first-order valence-electron chi connectivity index (χ1n) is 9.99. The van der Waals surface area contributed by atoms with Crippen molar-refractivity contribution in [2.75, 3.05) is 7.11 Å². The number of ketones is 1. The van der Waals surface area contributed by atoms with Crippen LogP contribution in [0.25, 0.3) is 16.7 Å². The fourth-order valence-corrected chi connectivity index (χ4v) is 3.97. The van der Waals surface area contributed by atoms with Gasteiger partial charge in [0.05, 0.1) is 7.11 Å². The van der Waals surface area contributed by atoms with E-state index in [4.69, 9.17) is 4.74 Å². The van der Waals surface area contributed by atoms with E-state index in [0.29, 0.717) is 0 Å². The van der Waals surface area contributed by atoms with Gasteiger partial charge in [0.1, 0.15) is 5.75 Å². The topological polar surface area (TPSA) is 26.3 Å². The Hall–Kier alpha value is -3.13. The third-order valence-electron chi connectivity index (χ3n) is 5.59. The largest absolute Gasteiger partial charge is 0.497 e. The number of methoxy groups -OCH3 is 1. The van der Waals surface area contributed by atoms with E-state index in [0.717, 1.165) is 16.9 Å². The maximum absolute atomic E-state index is 13.1. The molecular formula is C27H26O2. The van der Waals surface area contributed by atoms with E-state index in [2.05, 4.69) is 48.5 Å². The molecular weight excluding hydrogens is 356 g/mol. The highest BCUT2D eigenvalue weighted by Gasteiger charge is 2.32. The Morgan fingerprint density at radius 2 is 1.34 bits per heavy atom. The quantitative estimate of drug-likeness (QED) is 0.481. The van der Waals surface area contributed by atoms with E-state index in [9.17, 15) is 4.79 Å². The summed E-state index contributed by atoms with van der Waals surface area (Å²) in [5.41, 5.74) is 6.63. The summed E-state index contributed by atoms with van der Waals surface area (Å²) >= 11 is 0. The van der Waals surface area contributed by atoms with Crippen LogP contribution in [0.1, 0.15) is 43.4 Å². The zero-order chi connectivity index (χ0) is 20.6. The van der Waals surface area contributed by atoms with Crippen molar-refractivity contribution in [2.24, 2.45) is 5.41 Å². The van der Waals surface area contributed by atoms with Gasteiger partial charge in [-0.05, 0) is 51.6 Å². The molecule has 3 aromatic carbocycles. The first kappa shape index (κ1) is 19.2. The van der Waals surface area contributed by atoms with Gasteiger partial charge in [0.25, 0.3) is 0 Å². The molecule has 0 N–H and O–H groups in total. The molecule has 4 rings (SSSR count). The second-order valence-electron chi connectivity index (χ2n) is 8.55. The molecule has 0 radical (unpaired) electrons. The van der Waals surface area contributed by atoms with Crippen LogP contribution in [0.15, 0.2) is 78.9 Å². The molecule has 29 heavy (non-hydrogen) atoms. The summed E-state index contributed by atoms with van der Waals surface area (Å²) < 4.78 is 5.34. The fourth-order valence-electron chi connectivity index (χ4n) is 3.97. The van der Waals surface area contributed by atoms with Crippen molar-refractivity contribution in [1.82, 2.24) is 0 Å². The van der Waals surface area contributed by atoms with Gasteiger partial charge in [0.2, 0.25) is 0 Å². The molecule has 0 bridgehead atoms. The second kappa shape index (κ2) is 7.36. The molecule has 0 aromatic heterocycles. The maximum Gasteiger partial charge on any atom is 0.161 e. The molecule has 0 atom stereocenters. The number of hydrogen-bond acceptors (Lipinski definition) is 2. The van der Waals surface area contributed by atoms with E-state index in [-0.39, 0.29) is 11.7 Å². The van der Waals surface area contributed by atoms with Crippen LogP contribution in [0.2, 0.25) is 0 Å². The average molecular weight is 383 g/mol. The van der Waals surface area contributed by atoms with Crippen LogP contribution in [-0.4, -0.2) is 12.9 Å². The van der Waals surface area contributed by atoms with Crippen molar-refractivity contribution >= 4 is 11.4 Å². The summed E-state index contributed by atoms with van der Waals surface area (Å²) in [6, 6.07) is 25.0. The molecule has 0 unspecified atom stereocenters. The molecule has 0 spiro atoms. The average Bonchev–Trinajstić information content (AvgIpc) is 3.06. The number of benzene rings is 3. The highest BCUT2D eigenvalue weighted by Crippen LogP contribution is 2.50. The summed E-state index contributed by atoms with van der Waals surface area (Å²) in [7, 11) is 1.67. The van der Waals surface area contributed by atoms with Gasteiger partial charge >= 0.3 is 0 Å². The SMILES string of the molecule is COc1ccc(/C(=C/C(=O)C(C)(C)C)C2c3ccccc3-c3ccccc32)cc1.